The predicted molar refractivity (Wildman–Crippen MR) is 138 cm³/mol. The van der Waals surface area contributed by atoms with Crippen molar-refractivity contribution in [2.24, 2.45) is 5.73 Å². The number of aryl methyl sites for hydroxylation is 2. The molecule has 1 aliphatic carbocycles. The van der Waals surface area contributed by atoms with Crippen LogP contribution in [0.4, 0.5) is 0 Å². The molecule has 2 aromatic rings. The highest BCUT2D eigenvalue weighted by Gasteiger charge is 2.38. The van der Waals surface area contributed by atoms with Crippen molar-refractivity contribution in [3.8, 4) is 12.1 Å². The van der Waals surface area contributed by atoms with Gasteiger partial charge in [0.1, 0.15) is 28.5 Å². The van der Waals surface area contributed by atoms with Crippen LogP contribution < -0.4 is 5.73 Å². The number of nitrogens with zero attached hydrogens (tertiary/aromatic N) is 3. The maximum Gasteiger partial charge on any atom is 0.338 e. The van der Waals surface area contributed by atoms with Crippen LogP contribution in [0.25, 0.3) is 0 Å². The van der Waals surface area contributed by atoms with Crippen LogP contribution in [0.2, 0.25) is 0 Å². The molecule has 38 heavy (non-hydrogen) atoms. The van der Waals surface area contributed by atoms with Crippen LogP contribution in [0.15, 0.2) is 58.1 Å². The zero-order chi connectivity index (χ0) is 27.4. The van der Waals surface area contributed by atoms with Crippen LogP contribution in [0.5, 0.6) is 0 Å². The van der Waals surface area contributed by atoms with Crippen molar-refractivity contribution in [2.75, 3.05) is 12.9 Å². The van der Waals surface area contributed by atoms with E-state index in [0.29, 0.717) is 21.7 Å². The van der Waals surface area contributed by atoms with E-state index in [2.05, 4.69) is 12.1 Å². The number of aromatic nitrogens is 1. The quantitative estimate of drug-likeness (QED) is 0.411. The topological polar surface area (TPSA) is 148 Å². The number of ether oxygens (including phenoxy) is 3. The SMILES string of the molecule is COC(=O)c1ccc(C2C(C#N)=C(N)OC(CSc3nc4c(cc3C#N)CCC4)=C2C(=O)OC(C)C)cc1. The molecular weight excluding hydrogens is 504 g/mol. The number of pyridine rings is 1. The number of carbonyl (C=O) groups is 2. The summed E-state index contributed by atoms with van der Waals surface area (Å²) in [7, 11) is 1.28. The Kier molecular flexibility index (Phi) is 8.04. The van der Waals surface area contributed by atoms with Crippen molar-refractivity contribution >= 4 is 23.7 Å². The van der Waals surface area contributed by atoms with Crippen LogP contribution in [0.3, 0.4) is 0 Å². The highest BCUT2D eigenvalue weighted by atomic mass is 32.2. The first-order valence-electron chi connectivity index (χ1n) is 12.0. The number of allylic oxidation sites excluding steroid dienone is 1. The zero-order valence-electron chi connectivity index (χ0n) is 21.2. The summed E-state index contributed by atoms with van der Waals surface area (Å²) < 4.78 is 16.1. The van der Waals surface area contributed by atoms with Crippen LogP contribution >= 0.6 is 11.8 Å². The second kappa shape index (κ2) is 11.4. The lowest BCUT2D eigenvalue weighted by Gasteiger charge is -2.28. The zero-order valence-corrected chi connectivity index (χ0v) is 22.1. The van der Waals surface area contributed by atoms with E-state index in [4.69, 9.17) is 24.9 Å². The van der Waals surface area contributed by atoms with Gasteiger partial charge < -0.3 is 19.9 Å². The van der Waals surface area contributed by atoms with Crippen LogP contribution in [0, 0.1) is 22.7 Å². The predicted octanol–water partition coefficient (Wildman–Crippen LogP) is 4.03. The van der Waals surface area contributed by atoms with Gasteiger partial charge in [-0.15, -0.1) is 0 Å². The molecule has 9 nitrogen and oxygen atoms in total. The van der Waals surface area contributed by atoms with Gasteiger partial charge in [0, 0.05) is 5.69 Å². The third kappa shape index (κ3) is 5.36. The molecule has 1 unspecified atom stereocenters. The van der Waals surface area contributed by atoms with Gasteiger partial charge in [-0.3, -0.25) is 0 Å². The highest BCUT2D eigenvalue weighted by Crippen LogP contribution is 2.41. The Hall–Kier alpha value is -4.28. The van der Waals surface area contributed by atoms with Gasteiger partial charge in [-0.05, 0) is 62.4 Å². The van der Waals surface area contributed by atoms with Gasteiger partial charge in [0.2, 0.25) is 5.88 Å². The molecule has 1 atom stereocenters. The van der Waals surface area contributed by atoms with Gasteiger partial charge >= 0.3 is 11.9 Å². The maximum atomic E-state index is 13.4. The van der Waals surface area contributed by atoms with E-state index in [0.717, 1.165) is 30.5 Å². The first-order valence-corrected chi connectivity index (χ1v) is 13.0. The van der Waals surface area contributed by atoms with Gasteiger partial charge in [-0.2, -0.15) is 10.5 Å². The van der Waals surface area contributed by atoms with Crippen molar-refractivity contribution in [3.63, 3.8) is 0 Å². The Morgan fingerprint density at radius 1 is 1.18 bits per heavy atom. The molecule has 4 rings (SSSR count). The Labute approximate surface area is 224 Å². The Morgan fingerprint density at radius 2 is 1.92 bits per heavy atom. The molecule has 0 saturated heterocycles. The van der Waals surface area contributed by atoms with Gasteiger partial charge in [-0.25, -0.2) is 14.6 Å². The fourth-order valence-electron chi connectivity index (χ4n) is 4.47. The number of benzene rings is 1. The minimum atomic E-state index is -0.884. The number of fused-ring (bicyclic) bond motifs is 1. The molecule has 1 aromatic heterocycles. The molecule has 0 saturated carbocycles. The van der Waals surface area contributed by atoms with Gasteiger partial charge in [0.05, 0.1) is 41.6 Å². The fraction of sp³-hybridized carbons (Fsp3) is 0.321. The first kappa shape index (κ1) is 26.8. The minimum absolute atomic E-state index is 0.0497. The average Bonchev–Trinajstić information content (AvgIpc) is 3.37. The molecule has 2 aliphatic rings. The molecular formula is C28H26N4O5S. The summed E-state index contributed by atoms with van der Waals surface area (Å²) in [5, 5.41) is 20.2. The summed E-state index contributed by atoms with van der Waals surface area (Å²) in [5.74, 6) is -1.84. The molecule has 0 spiro atoms. The summed E-state index contributed by atoms with van der Waals surface area (Å²) in [6.45, 7) is 3.44. The number of thioether (sulfide) groups is 1. The number of methoxy groups -OCH3 is 1. The van der Waals surface area contributed by atoms with E-state index in [1.807, 2.05) is 6.07 Å². The van der Waals surface area contributed by atoms with Crippen molar-refractivity contribution < 1.29 is 23.8 Å². The number of hydrogen-bond acceptors (Lipinski definition) is 10. The molecule has 0 radical (unpaired) electrons. The fourth-order valence-corrected chi connectivity index (χ4v) is 5.38. The summed E-state index contributed by atoms with van der Waals surface area (Å²) in [5.41, 5.74) is 9.72. The number of carbonyl (C=O) groups excluding carboxylic acids is 2. The van der Waals surface area contributed by atoms with Crippen molar-refractivity contribution in [1.29, 1.82) is 10.5 Å². The largest absolute Gasteiger partial charge is 0.465 e. The smallest absolute Gasteiger partial charge is 0.338 e. The third-order valence-corrected chi connectivity index (χ3v) is 7.19. The minimum Gasteiger partial charge on any atom is -0.465 e. The molecule has 1 aromatic carbocycles. The number of hydrogen-bond donors (Lipinski definition) is 1. The number of nitriles is 2. The van der Waals surface area contributed by atoms with Gasteiger partial charge in [-0.1, -0.05) is 23.9 Å². The lowest BCUT2D eigenvalue weighted by atomic mass is 9.83. The Bertz CT molecular complexity index is 1430. The van der Waals surface area contributed by atoms with E-state index in [1.165, 1.54) is 18.9 Å². The van der Waals surface area contributed by atoms with E-state index < -0.39 is 24.0 Å². The molecule has 10 heteroatoms. The van der Waals surface area contributed by atoms with Gasteiger partial charge in [0.25, 0.3) is 0 Å². The Morgan fingerprint density at radius 3 is 2.55 bits per heavy atom. The standard InChI is InChI=1S/C28H26N4O5S/c1-15(2)36-28(34)24-22(14-38-26-19(12-29)11-18-5-4-6-21(18)32-26)37-25(31)20(13-30)23(24)16-7-9-17(10-8-16)27(33)35-3/h7-11,15,23H,4-6,14,31H2,1-3H3. The average molecular weight is 531 g/mol. The first-order chi connectivity index (χ1) is 18.3. The monoisotopic (exact) mass is 530 g/mol. The highest BCUT2D eigenvalue weighted by molar-refractivity contribution is 7.99. The summed E-state index contributed by atoms with van der Waals surface area (Å²) in [6.07, 6.45) is 2.32. The van der Waals surface area contributed by atoms with E-state index in [9.17, 15) is 20.1 Å². The van der Waals surface area contributed by atoms with Gasteiger partial charge in [0.15, 0.2) is 0 Å². The van der Waals surface area contributed by atoms with E-state index in [-0.39, 0.29) is 28.5 Å². The molecule has 1 aliphatic heterocycles. The molecule has 2 heterocycles. The number of nitrogens with two attached hydrogens (primary N) is 1. The molecule has 0 bridgehead atoms. The lowest BCUT2D eigenvalue weighted by molar-refractivity contribution is -0.143. The third-order valence-electron chi connectivity index (χ3n) is 6.20. The van der Waals surface area contributed by atoms with Crippen molar-refractivity contribution in [3.05, 3.63) is 81.1 Å². The van der Waals surface area contributed by atoms with Crippen LogP contribution in [0.1, 0.15) is 58.9 Å². The normalized spacial score (nSPS) is 16.4. The van der Waals surface area contributed by atoms with Crippen molar-refractivity contribution in [1.82, 2.24) is 4.98 Å². The maximum absolute atomic E-state index is 13.4. The second-order valence-corrected chi connectivity index (χ2v) is 9.99. The lowest BCUT2D eigenvalue weighted by Crippen LogP contribution is -2.28. The summed E-state index contributed by atoms with van der Waals surface area (Å²) in [6, 6.07) is 12.5. The second-order valence-electron chi connectivity index (χ2n) is 9.03. The summed E-state index contributed by atoms with van der Waals surface area (Å²) >= 11 is 1.26. The molecule has 0 amide bonds. The summed E-state index contributed by atoms with van der Waals surface area (Å²) in [4.78, 5) is 30.0. The van der Waals surface area contributed by atoms with Crippen LogP contribution in [-0.2, 0) is 31.8 Å². The molecule has 0 fully saturated rings. The van der Waals surface area contributed by atoms with Crippen molar-refractivity contribution in [2.45, 2.75) is 50.2 Å². The van der Waals surface area contributed by atoms with Crippen LogP contribution in [-0.4, -0.2) is 35.9 Å². The van der Waals surface area contributed by atoms with E-state index in [1.54, 1.807) is 38.1 Å². The van der Waals surface area contributed by atoms with E-state index >= 15 is 0 Å². The number of rotatable bonds is 7. The number of esters is 2. The molecule has 2 N–H and O–H groups in total. The Balaban J connectivity index is 1.77. The molecule has 194 valence electrons.